The zero-order chi connectivity index (χ0) is 14.8. The molecule has 2 heterocycles. The van der Waals surface area contributed by atoms with E-state index in [1.165, 1.54) is 11.3 Å². The fraction of sp³-hybridized carbons (Fsp3) is 0.500. The average molecular weight is 316 g/mol. The van der Waals surface area contributed by atoms with Crippen molar-refractivity contribution in [2.45, 2.75) is 19.8 Å². The van der Waals surface area contributed by atoms with Crippen molar-refractivity contribution in [3.8, 4) is 0 Å². The van der Waals surface area contributed by atoms with Crippen molar-refractivity contribution < 1.29 is 18.0 Å². The normalized spacial score (nSPS) is 20.6. The first kappa shape index (κ1) is 15.0. The van der Waals surface area contributed by atoms with Gasteiger partial charge in [-0.1, -0.05) is 0 Å². The molecule has 1 atom stereocenters. The Morgan fingerprint density at radius 1 is 1.40 bits per heavy atom. The predicted octanol–water partition coefficient (Wildman–Crippen LogP) is 0.642. The zero-order valence-electron chi connectivity index (χ0n) is 11.0. The summed E-state index contributed by atoms with van der Waals surface area (Å²) < 4.78 is 22.6. The number of sulfone groups is 1. The SMILES string of the molecule is Cc1ccsc1C(=O)NNC(=O)C[C@H]1CCS(=O)(=O)C1. The molecule has 2 rings (SSSR count). The fourth-order valence-corrected chi connectivity index (χ4v) is 4.82. The number of hydrogen-bond donors (Lipinski definition) is 2. The standard InChI is InChI=1S/C12H16N2O4S2/c1-8-2-4-19-11(8)12(16)14-13-10(15)6-9-3-5-20(17,18)7-9/h2,4,9H,3,5-7H2,1H3,(H,13,15)(H,14,16)/t9-/m1/s1. The van der Waals surface area contributed by atoms with Crippen LogP contribution in [-0.4, -0.2) is 31.7 Å². The van der Waals surface area contributed by atoms with Crippen LogP contribution in [0.3, 0.4) is 0 Å². The van der Waals surface area contributed by atoms with E-state index in [9.17, 15) is 18.0 Å². The third-order valence-corrected chi connectivity index (χ3v) is 6.04. The lowest BCUT2D eigenvalue weighted by molar-refractivity contribution is -0.122. The van der Waals surface area contributed by atoms with Crippen LogP contribution in [-0.2, 0) is 14.6 Å². The minimum absolute atomic E-state index is 0.0540. The van der Waals surface area contributed by atoms with Crippen LogP contribution in [0, 0.1) is 12.8 Å². The van der Waals surface area contributed by atoms with E-state index in [0.29, 0.717) is 11.3 Å². The van der Waals surface area contributed by atoms with Gasteiger partial charge in [-0.25, -0.2) is 8.42 Å². The van der Waals surface area contributed by atoms with E-state index in [1.54, 1.807) is 5.38 Å². The molecular weight excluding hydrogens is 300 g/mol. The van der Waals surface area contributed by atoms with Crippen molar-refractivity contribution in [2.75, 3.05) is 11.5 Å². The maximum atomic E-state index is 11.8. The van der Waals surface area contributed by atoms with Gasteiger partial charge in [0.05, 0.1) is 16.4 Å². The summed E-state index contributed by atoms with van der Waals surface area (Å²) in [4.78, 5) is 24.0. The third-order valence-electron chi connectivity index (χ3n) is 3.18. The van der Waals surface area contributed by atoms with Crippen molar-refractivity contribution in [3.05, 3.63) is 21.9 Å². The highest BCUT2D eigenvalue weighted by atomic mass is 32.2. The van der Waals surface area contributed by atoms with Crippen LogP contribution in [0.1, 0.15) is 28.1 Å². The molecule has 0 radical (unpaired) electrons. The Labute approximate surface area is 121 Å². The van der Waals surface area contributed by atoms with Gasteiger partial charge in [0, 0.05) is 6.42 Å². The second-order valence-corrected chi connectivity index (χ2v) is 8.05. The number of amides is 2. The fourth-order valence-electron chi connectivity index (χ4n) is 2.13. The minimum atomic E-state index is -2.98. The molecule has 0 bridgehead atoms. The minimum Gasteiger partial charge on any atom is -0.273 e. The Morgan fingerprint density at radius 3 is 2.70 bits per heavy atom. The van der Waals surface area contributed by atoms with E-state index in [1.807, 2.05) is 13.0 Å². The number of carbonyl (C=O) groups excluding carboxylic acids is 2. The molecule has 1 aromatic rings. The number of rotatable bonds is 3. The molecule has 1 fully saturated rings. The topological polar surface area (TPSA) is 92.3 Å². The molecule has 0 aliphatic carbocycles. The molecule has 2 N–H and O–H groups in total. The second kappa shape index (κ2) is 5.92. The van der Waals surface area contributed by atoms with Gasteiger partial charge in [-0.3, -0.25) is 20.4 Å². The van der Waals surface area contributed by atoms with E-state index in [-0.39, 0.29) is 35.7 Å². The van der Waals surface area contributed by atoms with Gasteiger partial charge in [-0.15, -0.1) is 11.3 Å². The van der Waals surface area contributed by atoms with Gasteiger partial charge in [0.2, 0.25) is 5.91 Å². The Bertz CT molecular complexity index is 621. The molecule has 0 saturated carbocycles. The van der Waals surface area contributed by atoms with Crippen LogP contribution >= 0.6 is 11.3 Å². The van der Waals surface area contributed by atoms with Gasteiger partial charge < -0.3 is 0 Å². The zero-order valence-corrected chi connectivity index (χ0v) is 12.6. The summed E-state index contributed by atoms with van der Waals surface area (Å²) in [6.07, 6.45) is 0.622. The Kier molecular flexibility index (Phi) is 4.44. The molecule has 1 aliphatic heterocycles. The molecule has 1 saturated heterocycles. The molecule has 2 amide bonds. The highest BCUT2D eigenvalue weighted by Gasteiger charge is 2.29. The first-order valence-corrected chi connectivity index (χ1v) is 8.91. The summed E-state index contributed by atoms with van der Waals surface area (Å²) in [6.45, 7) is 1.82. The summed E-state index contributed by atoms with van der Waals surface area (Å²) in [7, 11) is -2.98. The molecule has 110 valence electrons. The number of nitrogens with one attached hydrogen (secondary N) is 2. The van der Waals surface area contributed by atoms with Crippen LogP contribution in [0.25, 0.3) is 0 Å². The lowest BCUT2D eigenvalue weighted by Crippen LogP contribution is -2.42. The van der Waals surface area contributed by atoms with Crippen molar-refractivity contribution in [3.63, 3.8) is 0 Å². The highest BCUT2D eigenvalue weighted by molar-refractivity contribution is 7.91. The summed E-state index contributed by atoms with van der Waals surface area (Å²) in [6, 6.07) is 1.82. The van der Waals surface area contributed by atoms with Crippen LogP contribution in [0.2, 0.25) is 0 Å². The van der Waals surface area contributed by atoms with E-state index >= 15 is 0 Å². The molecule has 1 aliphatic rings. The smallest absolute Gasteiger partial charge is 0.273 e. The third kappa shape index (κ3) is 3.80. The number of aryl methyl sites for hydroxylation is 1. The highest BCUT2D eigenvalue weighted by Crippen LogP contribution is 2.21. The van der Waals surface area contributed by atoms with Gasteiger partial charge in [0.1, 0.15) is 0 Å². The van der Waals surface area contributed by atoms with Gasteiger partial charge in [-0.05, 0) is 36.3 Å². The summed E-state index contributed by atoms with van der Waals surface area (Å²) in [5.74, 6) is -0.677. The summed E-state index contributed by atoms with van der Waals surface area (Å²) in [5, 5.41) is 1.80. The molecule has 0 aromatic carbocycles. The second-order valence-electron chi connectivity index (χ2n) is 4.91. The molecule has 6 nitrogen and oxygen atoms in total. The van der Waals surface area contributed by atoms with Gasteiger partial charge >= 0.3 is 0 Å². The molecule has 20 heavy (non-hydrogen) atoms. The molecule has 0 unspecified atom stereocenters. The van der Waals surface area contributed by atoms with Crippen molar-refractivity contribution in [1.82, 2.24) is 10.9 Å². The van der Waals surface area contributed by atoms with Gasteiger partial charge in [0.15, 0.2) is 9.84 Å². The van der Waals surface area contributed by atoms with Crippen molar-refractivity contribution >= 4 is 33.0 Å². The average Bonchev–Trinajstić information content (AvgIpc) is 2.92. The lowest BCUT2D eigenvalue weighted by Gasteiger charge is -2.09. The number of thiophene rings is 1. The van der Waals surface area contributed by atoms with E-state index < -0.39 is 9.84 Å². The van der Waals surface area contributed by atoms with Gasteiger partial charge in [-0.2, -0.15) is 0 Å². The number of carbonyl (C=O) groups is 2. The number of hydrogen-bond acceptors (Lipinski definition) is 5. The quantitative estimate of drug-likeness (QED) is 0.801. The van der Waals surface area contributed by atoms with Crippen LogP contribution in [0.5, 0.6) is 0 Å². The maximum absolute atomic E-state index is 11.8. The van der Waals surface area contributed by atoms with Crippen LogP contribution in [0.15, 0.2) is 11.4 Å². The van der Waals surface area contributed by atoms with Crippen LogP contribution < -0.4 is 10.9 Å². The maximum Gasteiger partial charge on any atom is 0.280 e. The van der Waals surface area contributed by atoms with Gasteiger partial charge in [0.25, 0.3) is 5.91 Å². The Morgan fingerprint density at radius 2 is 2.15 bits per heavy atom. The monoisotopic (exact) mass is 316 g/mol. The first-order chi connectivity index (χ1) is 9.37. The molecule has 0 spiro atoms. The Balaban J connectivity index is 1.79. The summed E-state index contributed by atoms with van der Waals surface area (Å²) >= 11 is 1.30. The molecular formula is C12H16N2O4S2. The number of hydrazine groups is 1. The summed E-state index contributed by atoms with van der Waals surface area (Å²) in [5.41, 5.74) is 5.52. The predicted molar refractivity (Wildman–Crippen MR) is 76.0 cm³/mol. The van der Waals surface area contributed by atoms with E-state index in [2.05, 4.69) is 10.9 Å². The Hall–Kier alpha value is -1.41. The molecule has 1 aromatic heterocycles. The van der Waals surface area contributed by atoms with E-state index in [4.69, 9.17) is 0 Å². The van der Waals surface area contributed by atoms with E-state index in [0.717, 1.165) is 5.56 Å². The largest absolute Gasteiger partial charge is 0.280 e. The first-order valence-electron chi connectivity index (χ1n) is 6.21. The molecule has 8 heteroatoms. The van der Waals surface area contributed by atoms with Crippen LogP contribution in [0.4, 0.5) is 0 Å². The van der Waals surface area contributed by atoms with Crippen molar-refractivity contribution in [2.24, 2.45) is 5.92 Å². The lowest BCUT2D eigenvalue weighted by atomic mass is 10.1. The van der Waals surface area contributed by atoms with Crippen molar-refractivity contribution in [1.29, 1.82) is 0 Å².